The Labute approximate surface area is 175 Å². The molecular weight excluding hydrogens is 408 g/mol. The maximum absolute atomic E-state index is 12.9. The molecule has 7 heteroatoms. The molecule has 1 amide bonds. The maximum atomic E-state index is 12.9. The summed E-state index contributed by atoms with van der Waals surface area (Å²) in [5.41, 5.74) is 3.60. The summed E-state index contributed by atoms with van der Waals surface area (Å²) in [7, 11) is -3.46. The lowest BCUT2D eigenvalue weighted by Gasteiger charge is -2.20. The van der Waals surface area contributed by atoms with Crippen molar-refractivity contribution in [3.8, 4) is 0 Å². The number of halogens is 1. The Morgan fingerprint density at radius 1 is 0.931 bits per heavy atom. The van der Waals surface area contributed by atoms with E-state index in [-0.39, 0.29) is 22.7 Å². The number of nitrogens with one attached hydrogen (secondary N) is 2. The van der Waals surface area contributed by atoms with Gasteiger partial charge in [-0.05, 0) is 36.2 Å². The van der Waals surface area contributed by atoms with Crippen molar-refractivity contribution < 1.29 is 13.2 Å². The van der Waals surface area contributed by atoms with Gasteiger partial charge in [0.15, 0.2) is 0 Å². The maximum Gasteiger partial charge on any atom is 0.252 e. The van der Waals surface area contributed by atoms with E-state index in [9.17, 15) is 13.2 Å². The Morgan fingerprint density at radius 2 is 1.55 bits per heavy atom. The summed E-state index contributed by atoms with van der Waals surface area (Å²) < 4.78 is 25.1. The number of hydrogen-bond donors (Lipinski definition) is 2. The Morgan fingerprint density at radius 3 is 2.14 bits per heavy atom. The van der Waals surface area contributed by atoms with Gasteiger partial charge >= 0.3 is 0 Å². The Bertz CT molecular complexity index is 1110. The quantitative estimate of drug-likeness (QED) is 0.605. The molecule has 0 aliphatic carbocycles. The third-order valence-corrected chi connectivity index (χ3v) is 5.25. The van der Waals surface area contributed by atoms with Crippen LogP contribution in [-0.2, 0) is 10.0 Å². The first-order chi connectivity index (χ1) is 13.7. The van der Waals surface area contributed by atoms with E-state index < -0.39 is 10.0 Å². The molecule has 2 N–H and O–H groups in total. The van der Waals surface area contributed by atoms with E-state index >= 15 is 0 Å². The standard InChI is InChI=1S/C22H21ClN2O3S/c1-15-8-10-17(11-9-15)21(16-6-4-3-5-7-16)24-22(26)18-12-13-20(19(23)14-18)25-29(2,27)28/h3-14,21,25H,1-2H3,(H,24,26). The SMILES string of the molecule is Cc1ccc(C(NC(=O)c2ccc(NS(C)(=O)=O)c(Cl)c2)c2ccccc2)cc1. The summed E-state index contributed by atoms with van der Waals surface area (Å²) in [6.07, 6.45) is 1.04. The Hall–Kier alpha value is -2.83. The summed E-state index contributed by atoms with van der Waals surface area (Å²) in [4.78, 5) is 12.9. The Balaban J connectivity index is 1.89. The lowest BCUT2D eigenvalue weighted by Crippen LogP contribution is -2.29. The molecule has 0 bridgehead atoms. The van der Waals surface area contributed by atoms with Crippen LogP contribution >= 0.6 is 11.6 Å². The average molecular weight is 429 g/mol. The molecule has 3 aromatic rings. The first-order valence-corrected chi connectivity index (χ1v) is 11.2. The van der Waals surface area contributed by atoms with Crippen LogP contribution < -0.4 is 10.0 Å². The molecule has 0 saturated heterocycles. The van der Waals surface area contributed by atoms with Crippen LogP contribution in [0.1, 0.15) is 33.1 Å². The average Bonchev–Trinajstić information content (AvgIpc) is 2.68. The molecular formula is C22H21ClN2O3S. The minimum Gasteiger partial charge on any atom is -0.341 e. The van der Waals surface area contributed by atoms with E-state index in [1.807, 2.05) is 61.5 Å². The number of benzene rings is 3. The van der Waals surface area contributed by atoms with Crippen LogP contribution in [0.15, 0.2) is 72.8 Å². The predicted molar refractivity (Wildman–Crippen MR) is 117 cm³/mol. The van der Waals surface area contributed by atoms with Crippen LogP contribution in [-0.4, -0.2) is 20.6 Å². The van der Waals surface area contributed by atoms with Crippen molar-refractivity contribution in [3.63, 3.8) is 0 Å². The summed E-state index contributed by atoms with van der Waals surface area (Å²) in [6.45, 7) is 2.01. The first-order valence-electron chi connectivity index (χ1n) is 8.92. The molecule has 1 unspecified atom stereocenters. The van der Waals surface area contributed by atoms with Gasteiger partial charge in [0.2, 0.25) is 10.0 Å². The second-order valence-corrected chi connectivity index (χ2v) is 8.95. The second-order valence-electron chi connectivity index (χ2n) is 6.80. The van der Waals surface area contributed by atoms with Gasteiger partial charge < -0.3 is 5.32 Å². The minimum absolute atomic E-state index is 0.148. The van der Waals surface area contributed by atoms with Gasteiger partial charge in [-0.25, -0.2) is 8.42 Å². The molecule has 0 radical (unpaired) electrons. The number of anilines is 1. The van der Waals surface area contributed by atoms with Gasteiger partial charge in [-0.1, -0.05) is 71.8 Å². The highest BCUT2D eigenvalue weighted by Crippen LogP contribution is 2.26. The smallest absolute Gasteiger partial charge is 0.252 e. The molecule has 0 saturated carbocycles. The second kappa shape index (κ2) is 8.68. The third kappa shape index (κ3) is 5.59. The van der Waals surface area contributed by atoms with E-state index in [2.05, 4.69) is 10.0 Å². The molecule has 29 heavy (non-hydrogen) atoms. The topological polar surface area (TPSA) is 75.3 Å². The fourth-order valence-corrected chi connectivity index (χ4v) is 3.78. The summed E-state index contributed by atoms with van der Waals surface area (Å²) in [6, 6.07) is 21.8. The highest BCUT2D eigenvalue weighted by molar-refractivity contribution is 7.92. The number of aryl methyl sites for hydroxylation is 1. The lowest BCUT2D eigenvalue weighted by atomic mass is 9.97. The highest BCUT2D eigenvalue weighted by atomic mass is 35.5. The highest BCUT2D eigenvalue weighted by Gasteiger charge is 2.19. The number of carbonyl (C=O) groups excluding carboxylic acids is 1. The molecule has 5 nitrogen and oxygen atoms in total. The third-order valence-electron chi connectivity index (χ3n) is 4.35. The molecule has 0 spiro atoms. The molecule has 0 aromatic heterocycles. The minimum atomic E-state index is -3.46. The molecule has 150 valence electrons. The van der Waals surface area contributed by atoms with Crippen LogP contribution in [0.3, 0.4) is 0 Å². The van der Waals surface area contributed by atoms with Gasteiger partial charge in [0.1, 0.15) is 0 Å². The zero-order valence-electron chi connectivity index (χ0n) is 16.0. The van der Waals surface area contributed by atoms with Gasteiger partial charge in [0.25, 0.3) is 5.91 Å². The van der Waals surface area contributed by atoms with Crippen molar-refractivity contribution in [1.82, 2.24) is 5.32 Å². The Kier molecular flexibility index (Phi) is 6.25. The zero-order chi connectivity index (χ0) is 21.0. The van der Waals surface area contributed by atoms with Crippen LogP contribution in [0.2, 0.25) is 5.02 Å². The van der Waals surface area contributed by atoms with Crippen LogP contribution in [0.25, 0.3) is 0 Å². The van der Waals surface area contributed by atoms with Gasteiger partial charge in [-0.2, -0.15) is 0 Å². The van der Waals surface area contributed by atoms with Crippen LogP contribution in [0, 0.1) is 6.92 Å². The van der Waals surface area contributed by atoms with Crippen molar-refractivity contribution >= 4 is 33.2 Å². The van der Waals surface area contributed by atoms with Crippen molar-refractivity contribution in [1.29, 1.82) is 0 Å². The fourth-order valence-electron chi connectivity index (χ4n) is 2.92. The summed E-state index contributed by atoms with van der Waals surface area (Å²) >= 11 is 6.16. The van der Waals surface area contributed by atoms with Crippen molar-refractivity contribution in [3.05, 3.63) is 100 Å². The van der Waals surface area contributed by atoms with Crippen LogP contribution in [0.4, 0.5) is 5.69 Å². The number of hydrogen-bond acceptors (Lipinski definition) is 3. The molecule has 0 heterocycles. The normalized spacial score (nSPS) is 12.2. The number of rotatable bonds is 6. The molecule has 0 aliphatic rings. The zero-order valence-corrected chi connectivity index (χ0v) is 17.6. The first kappa shape index (κ1) is 20.9. The van der Waals surface area contributed by atoms with E-state index in [1.165, 1.54) is 18.2 Å². The predicted octanol–water partition coefficient (Wildman–Crippen LogP) is 4.54. The van der Waals surface area contributed by atoms with E-state index in [4.69, 9.17) is 11.6 Å². The molecule has 0 aliphatic heterocycles. The molecule has 0 fully saturated rings. The van der Waals surface area contributed by atoms with Crippen molar-refractivity contribution in [2.45, 2.75) is 13.0 Å². The largest absolute Gasteiger partial charge is 0.341 e. The van der Waals surface area contributed by atoms with Gasteiger partial charge in [0.05, 0.1) is 23.0 Å². The van der Waals surface area contributed by atoms with Gasteiger partial charge in [-0.15, -0.1) is 0 Å². The van der Waals surface area contributed by atoms with E-state index in [1.54, 1.807) is 0 Å². The molecule has 1 atom stereocenters. The fraction of sp³-hybridized carbons (Fsp3) is 0.136. The lowest BCUT2D eigenvalue weighted by molar-refractivity contribution is 0.0943. The van der Waals surface area contributed by atoms with Crippen molar-refractivity contribution in [2.24, 2.45) is 0 Å². The monoisotopic (exact) mass is 428 g/mol. The van der Waals surface area contributed by atoms with Crippen molar-refractivity contribution in [2.75, 3.05) is 11.0 Å². The number of amides is 1. The van der Waals surface area contributed by atoms with Gasteiger partial charge in [-0.3, -0.25) is 9.52 Å². The van der Waals surface area contributed by atoms with Crippen LogP contribution in [0.5, 0.6) is 0 Å². The summed E-state index contributed by atoms with van der Waals surface area (Å²) in [5, 5.41) is 3.19. The molecule has 3 aromatic carbocycles. The summed E-state index contributed by atoms with van der Waals surface area (Å²) in [5.74, 6) is -0.313. The number of sulfonamides is 1. The number of carbonyl (C=O) groups is 1. The van der Waals surface area contributed by atoms with Gasteiger partial charge in [0, 0.05) is 5.56 Å². The van der Waals surface area contributed by atoms with E-state index in [0.717, 1.165) is 22.9 Å². The molecule has 3 rings (SSSR count). The van der Waals surface area contributed by atoms with E-state index in [0.29, 0.717) is 5.56 Å².